The van der Waals surface area contributed by atoms with Crippen molar-refractivity contribution in [3.63, 3.8) is 0 Å². The maximum absolute atomic E-state index is 11.4. The zero-order valence-electron chi connectivity index (χ0n) is 11.0. The van der Waals surface area contributed by atoms with E-state index in [0.29, 0.717) is 6.42 Å². The molecular weight excluding hydrogens is 306 g/mol. The molecule has 0 bridgehead atoms. The highest BCUT2D eigenvalue weighted by atomic mass is 79.9. The molecular formula is C15H18BrNO2. The van der Waals surface area contributed by atoms with Crippen LogP contribution in [0.15, 0.2) is 18.2 Å². The summed E-state index contributed by atoms with van der Waals surface area (Å²) in [5.74, 6) is 0.0885. The molecule has 1 heterocycles. The number of carbonyl (C=O) groups excluding carboxylic acids is 1. The van der Waals surface area contributed by atoms with Crippen LogP contribution in [0.3, 0.4) is 0 Å². The van der Waals surface area contributed by atoms with Gasteiger partial charge in [0.25, 0.3) is 0 Å². The molecule has 1 atom stereocenters. The second-order valence-electron chi connectivity index (χ2n) is 5.55. The number of alkyl halides is 1. The van der Waals surface area contributed by atoms with Gasteiger partial charge in [0.15, 0.2) is 0 Å². The first-order valence-corrected chi connectivity index (χ1v) is 7.65. The van der Waals surface area contributed by atoms with Crippen LogP contribution in [0.2, 0.25) is 0 Å². The third-order valence-corrected chi connectivity index (χ3v) is 5.22. The van der Waals surface area contributed by atoms with Crippen molar-refractivity contribution < 1.29 is 9.53 Å². The molecule has 19 heavy (non-hydrogen) atoms. The van der Waals surface area contributed by atoms with Crippen LogP contribution < -0.4 is 5.32 Å². The summed E-state index contributed by atoms with van der Waals surface area (Å²) in [6.45, 7) is 0. The fourth-order valence-corrected chi connectivity index (χ4v) is 3.83. The van der Waals surface area contributed by atoms with Gasteiger partial charge in [-0.25, -0.2) is 0 Å². The minimum absolute atomic E-state index is 0.0568. The summed E-state index contributed by atoms with van der Waals surface area (Å²) in [6.07, 6.45) is 5.05. The number of hydrogen-bond donors (Lipinski definition) is 1. The number of fused-ring (bicyclic) bond motifs is 1. The van der Waals surface area contributed by atoms with E-state index in [1.54, 1.807) is 0 Å². The van der Waals surface area contributed by atoms with Crippen LogP contribution in [-0.2, 0) is 16.0 Å². The molecule has 3 rings (SSSR count). The van der Waals surface area contributed by atoms with Crippen molar-refractivity contribution in [3.8, 4) is 0 Å². The van der Waals surface area contributed by atoms with Gasteiger partial charge in [-0.3, -0.25) is 4.79 Å². The summed E-state index contributed by atoms with van der Waals surface area (Å²) < 4.78 is 5.68. The fraction of sp³-hybridized carbons (Fsp3) is 0.533. The van der Waals surface area contributed by atoms with Gasteiger partial charge in [0.1, 0.15) is 0 Å². The third-order valence-electron chi connectivity index (χ3n) is 4.37. The third kappa shape index (κ3) is 2.43. The second-order valence-corrected chi connectivity index (χ2v) is 6.66. The van der Waals surface area contributed by atoms with E-state index in [-0.39, 0.29) is 16.3 Å². The molecule has 1 aliphatic heterocycles. The molecule has 0 spiro atoms. The zero-order valence-corrected chi connectivity index (χ0v) is 12.6. The lowest BCUT2D eigenvalue weighted by Crippen LogP contribution is -2.39. The Labute approximate surface area is 121 Å². The Morgan fingerprint density at radius 3 is 2.89 bits per heavy atom. The number of anilines is 1. The maximum atomic E-state index is 11.4. The van der Waals surface area contributed by atoms with Crippen molar-refractivity contribution in [2.45, 2.75) is 42.5 Å². The van der Waals surface area contributed by atoms with Crippen LogP contribution in [0.5, 0.6) is 0 Å². The van der Waals surface area contributed by atoms with Crippen molar-refractivity contribution in [2.24, 2.45) is 0 Å². The molecule has 1 aromatic carbocycles. The monoisotopic (exact) mass is 323 g/mol. The van der Waals surface area contributed by atoms with Gasteiger partial charge in [-0.15, -0.1) is 0 Å². The van der Waals surface area contributed by atoms with Gasteiger partial charge < -0.3 is 10.1 Å². The number of ether oxygens (including phenoxy) is 1. The van der Waals surface area contributed by atoms with E-state index < -0.39 is 0 Å². The topological polar surface area (TPSA) is 38.3 Å². The van der Waals surface area contributed by atoms with E-state index in [0.717, 1.165) is 30.5 Å². The van der Waals surface area contributed by atoms with E-state index in [1.165, 1.54) is 12.0 Å². The average Bonchev–Trinajstić information content (AvgIpc) is 2.72. The lowest BCUT2D eigenvalue weighted by Gasteiger charge is -2.42. The highest BCUT2D eigenvalue weighted by Crippen LogP contribution is 2.45. The number of amides is 1. The van der Waals surface area contributed by atoms with E-state index >= 15 is 0 Å². The number of carbonyl (C=O) groups is 1. The summed E-state index contributed by atoms with van der Waals surface area (Å²) >= 11 is 3.78. The molecule has 2 aliphatic rings. The van der Waals surface area contributed by atoms with Crippen LogP contribution in [-0.4, -0.2) is 18.6 Å². The number of halogens is 1. The summed E-state index contributed by atoms with van der Waals surface area (Å²) in [6, 6.07) is 6.23. The number of hydrogen-bond acceptors (Lipinski definition) is 2. The van der Waals surface area contributed by atoms with Gasteiger partial charge >= 0.3 is 0 Å². The fourth-order valence-electron chi connectivity index (χ4n) is 2.95. The summed E-state index contributed by atoms with van der Waals surface area (Å²) in [5.41, 5.74) is 3.35. The number of rotatable bonds is 4. The first-order chi connectivity index (χ1) is 9.12. The van der Waals surface area contributed by atoms with E-state index in [2.05, 4.69) is 33.4 Å². The number of benzene rings is 1. The first-order valence-electron chi connectivity index (χ1n) is 6.74. The van der Waals surface area contributed by atoms with E-state index in [4.69, 9.17) is 4.74 Å². The molecule has 0 radical (unpaired) electrons. The van der Waals surface area contributed by atoms with Crippen molar-refractivity contribution in [1.29, 1.82) is 0 Å². The Morgan fingerprint density at radius 1 is 1.47 bits per heavy atom. The van der Waals surface area contributed by atoms with Gasteiger partial charge in [0.05, 0.1) is 12.0 Å². The molecule has 1 N–H and O–H groups in total. The van der Waals surface area contributed by atoms with Crippen LogP contribution in [0.1, 0.15) is 41.6 Å². The SMILES string of the molecule is COC1(CC(Br)c2ccc3c(c2)CC(=O)N3)CCC1. The number of nitrogens with one attached hydrogen (secondary N) is 1. The molecule has 1 amide bonds. The van der Waals surface area contributed by atoms with Crippen LogP contribution in [0.4, 0.5) is 5.69 Å². The van der Waals surface area contributed by atoms with Gasteiger partial charge in [0, 0.05) is 17.6 Å². The zero-order chi connectivity index (χ0) is 13.5. The lowest BCUT2D eigenvalue weighted by molar-refractivity contribution is -0.115. The minimum atomic E-state index is 0.0568. The van der Waals surface area contributed by atoms with Gasteiger partial charge in [0.2, 0.25) is 5.91 Å². The molecule has 1 fully saturated rings. The minimum Gasteiger partial charge on any atom is -0.378 e. The van der Waals surface area contributed by atoms with Crippen molar-refractivity contribution >= 4 is 27.5 Å². The van der Waals surface area contributed by atoms with Crippen LogP contribution in [0, 0.1) is 0 Å². The largest absolute Gasteiger partial charge is 0.378 e. The second kappa shape index (κ2) is 4.91. The van der Waals surface area contributed by atoms with Crippen LogP contribution >= 0.6 is 15.9 Å². The molecule has 0 saturated heterocycles. The van der Waals surface area contributed by atoms with Crippen molar-refractivity contribution in [2.75, 3.05) is 12.4 Å². The summed E-state index contributed by atoms with van der Waals surface area (Å²) in [5, 5.41) is 2.87. The van der Waals surface area contributed by atoms with Gasteiger partial charge in [-0.1, -0.05) is 28.1 Å². The Bertz CT molecular complexity index is 505. The lowest BCUT2D eigenvalue weighted by atomic mass is 9.76. The molecule has 0 aromatic heterocycles. The van der Waals surface area contributed by atoms with E-state index in [1.807, 2.05) is 13.2 Å². The predicted octanol–water partition coefficient (Wildman–Crippen LogP) is 3.58. The van der Waals surface area contributed by atoms with Crippen molar-refractivity contribution in [3.05, 3.63) is 29.3 Å². The Balaban J connectivity index is 1.75. The smallest absolute Gasteiger partial charge is 0.228 e. The predicted molar refractivity (Wildman–Crippen MR) is 78.7 cm³/mol. The normalized spacial score (nSPS) is 21.5. The molecule has 1 aromatic rings. The van der Waals surface area contributed by atoms with E-state index in [9.17, 15) is 4.79 Å². The Hall–Kier alpha value is -0.870. The molecule has 1 aliphatic carbocycles. The Kier molecular flexibility index (Phi) is 3.39. The first kappa shape index (κ1) is 13.1. The molecule has 1 saturated carbocycles. The van der Waals surface area contributed by atoms with Gasteiger partial charge in [-0.05, 0) is 42.9 Å². The molecule has 4 heteroatoms. The highest BCUT2D eigenvalue weighted by molar-refractivity contribution is 9.09. The summed E-state index contributed by atoms with van der Waals surface area (Å²) in [4.78, 5) is 11.7. The quantitative estimate of drug-likeness (QED) is 0.860. The molecule has 3 nitrogen and oxygen atoms in total. The van der Waals surface area contributed by atoms with Crippen LogP contribution in [0.25, 0.3) is 0 Å². The standard InChI is InChI=1S/C15H18BrNO2/c1-19-15(5-2-6-15)9-12(16)10-3-4-13-11(7-10)8-14(18)17-13/h3-4,7,12H,2,5-6,8-9H2,1H3,(H,17,18). The summed E-state index contributed by atoms with van der Waals surface area (Å²) in [7, 11) is 1.81. The van der Waals surface area contributed by atoms with Gasteiger partial charge in [-0.2, -0.15) is 0 Å². The maximum Gasteiger partial charge on any atom is 0.228 e. The Morgan fingerprint density at radius 2 is 2.26 bits per heavy atom. The molecule has 1 unspecified atom stereocenters. The van der Waals surface area contributed by atoms with Crippen molar-refractivity contribution in [1.82, 2.24) is 0 Å². The average molecular weight is 324 g/mol. The molecule has 102 valence electrons. The highest BCUT2D eigenvalue weighted by Gasteiger charge is 2.38. The number of methoxy groups -OCH3 is 1.